The van der Waals surface area contributed by atoms with E-state index in [1.807, 2.05) is 0 Å². The Morgan fingerprint density at radius 3 is 1.30 bits per heavy atom. The summed E-state index contributed by atoms with van der Waals surface area (Å²) >= 11 is 0. The van der Waals surface area contributed by atoms with Crippen LogP contribution in [0.3, 0.4) is 0 Å². The number of carboxylic acid groups (broad SMARTS) is 2. The van der Waals surface area contributed by atoms with E-state index in [4.69, 9.17) is 10.2 Å². The molecule has 0 spiro atoms. The maximum atomic E-state index is 9.64. The van der Waals surface area contributed by atoms with Crippen LogP contribution in [0.1, 0.15) is 12.8 Å². The molecule has 0 rings (SSSR count). The van der Waals surface area contributed by atoms with Crippen molar-refractivity contribution in [3.63, 3.8) is 0 Å². The van der Waals surface area contributed by atoms with Crippen molar-refractivity contribution in [2.75, 3.05) is 0 Å². The van der Waals surface area contributed by atoms with E-state index in [-0.39, 0.29) is 69.7 Å². The van der Waals surface area contributed by atoms with E-state index in [9.17, 15) is 9.59 Å². The van der Waals surface area contributed by atoms with Gasteiger partial charge in [-0.2, -0.15) is 0 Å². The van der Waals surface area contributed by atoms with Crippen molar-refractivity contribution in [2.24, 2.45) is 0 Å². The van der Waals surface area contributed by atoms with E-state index >= 15 is 0 Å². The Hall–Kier alpha value is 0.536. The Morgan fingerprint density at radius 2 is 1.20 bits per heavy atom. The van der Waals surface area contributed by atoms with Crippen LogP contribution in [0.2, 0.25) is 0 Å². The molecule has 0 aromatic rings. The summed E-state index contributed by atoms with van der Waals surface area (Å²) in [4.78, 5) is 19.3. The molecule has 0 radical (unpaired) electrons. The molecule has 0 aromatic carbocycles. The first-order valence-corrected chi connectivity index (χ1v) is 2.06. The SMILES string of the molecule is O.O=C(O)CCC(=O)O.[KH]. The van der Waals surface area contributed by atoms with Gasteiger partial charge in [0, 0.05) is 0 Å². The number of aliphatic carboxylic acids is 2. The zero-order valence-corrected chi connectivity index (χ0v) is 4.63. The molecule has 0 unspecified atom stereocenters. The van der Waals surface area contributed by atoms with E-state index in [0.29, 0.717) is 0 Å². The Kier molecular flexibility index (Phi) is 16.1. The number of carboxylic acids is 2. The second kappa shape index (κ2) is 9.54. The van der Waals surface area contributed by atoms with Crippen LogP contribution < -0.4 is 0 Å². The fraction of sp³-hybridized carbons (Fsp3) is 0.500. The van der Waals surface area contributed by atoms with Gasteiger partial charge in [-0.05, 0) is 0 Å². The van der Waals surface area contributed by atoms with E-state index in [0.717, 1.165) is 0 Å². The average Bonchev–Trinajstić information content (AvgIpc) is 1.61. The predicted octanol–water partition coefficient (Wildman–Crippen LogP) is -1.54. The summed E-state index contributed by atoms with van der Waals surface area (Å²) in [7, 11) is 0. The van der Waals surface area contributed by atoms with Crippen molar-refractivity contribution in [3.8, 4) is 0 Å². The maximum absolute atomic E-state index is 9.64. The van der Waals surface area contributed by atoms with E-state index in [2.05, 4.69) is 0 Å². The monoisotopic (exact) mass is 176 g/mol. The van der Waals surface area contributed by atoms with Crippen LogP contribution >= 0.6 is 0 Å². The molecular formula is C4H9KO5. The normalized spacial score (nSPS) is 6.80. The molecule has 0 saturated heterocycles. The molecule has 0 aromatic heterocycles. The van der Waals surface area contributed by atoms with Crippen molar-refractivity contribution in [1.82, 2.24) is 0 Å². The molecule has 0 fully saturated rings. The molecule has 56 valence electrons. The molecular weight excluding hydrogens is 167 g/mol. The number of rotatable bonds is 3. The number of hydrogen-bond acceptors (Lipinski definition) is 2. The van der Waals surface area contributed by atoms with Crippen LogP contribution in [0.15, 0.2) is 0 Å². The van der Waals surface area contributed by atoms with E-state index in [1.54, 1.807) is 0 Å². The summed E-state index contributed by atoms with van der Waals surface area (Å²) in [6, 6.07) is 0. The Morgan fingerprint density at radius 1 is 1.00 bits per heavy atom. The Labute approximate surface area is 100 Å². The summed E-state index contributed by atoms with van der Waals surface area (Å²) in [6.07, 6.45) is -0.593. The van der Waals surface area contributed by atoms with Crippen LogP contribution in [0.4, 0.5) is 0 Å². The minimum absolute atomic E-state index is 0. The van der Waals surface area contributed by atoms with Gasteiger partial charge in [0.15, 0.2) is 0 Å². The fourth-order valence-electron chi connectivity index (χ4n) is 0.214. The molecule has 0 aliphatic carbocycles. The fourth-order valence-corrected chi connectivity index (χ4v) is 0.214. The van der Waals surface area contributed by atoms with E-state index in [1.165, 1.54) is 0 Å². The van der Waals surface area contributed by atoms with Gasteiger partial charge in [0.2, 0.25) is 0 Å². The Bertz CT molecular complexity index is 98.2. The molecule has 0 aliphatic rings. The summed E-state index contributed by atoms with van der Waals surface area (Å²) in [5.41, 5.74) is 0. The van der Waals surface area contributed by atoms with Crippen LogP contribution in [-0.4, -0.2) is 79.0 Å². The molecule has 0 bridgehead atoms. The van der Waals surface area contributed by atoms with Gasteiger partial charge in [0.05, 0.1) is 12.8 Å². The van der Waals surface area contributed by atoms with Gasteiger partial charge in [-0.15, -0.1) is 0 Å². The molecule has 10 heavy (non-hydrogen) atoms. The minimum atomic E-state index is -1.08. The number of carbonyl (C=O) groups is 2. The van der Waals surface area contributed by atoms with Crippen molar-refractivity contribution in [1.29, 1.82) is 0 Å². The van der Waals surface area contributed by atoms with Gasteiger partial charge in [0.1, 0.15) is 0 Å². The third-order valence-corrected chi connectivity index (χ3v) is 0.553. The molecule has 4 N–H and O–H groups in total. The second-order valence-corrected chi connectivity index (χ2v) is 1.29. The molecule has 0 amide bonds. The summed E-state index contributed by atoms with van der Waals surface area (Å²) in [5.74, 6) is -2.15. The standard InChI is InChI=1S/C4H6O4.K.H2O.H/c5-3(6)1-2-4(7)8;;;/h1-2H2,(H,5,6)(H,7,8);;1H2;. The van der Waals surface area contributed by atoms with Gasteiger partial charge in [-0.1, -0.05) is 0 Å². The molecule has 0 saturated carbocycles. The summed E-state index contributed by atoms with van der Waals surface area (Å²) in [6.45, 7) is 0. The van der Waals surface area contributed by atoms with Crippen molar-refractivity contribution in [2.45, 2.75) is 12.8 Å². The average molecular weight is 176 g/mol. The first-order chi connectivity index (χ1) is 3.63. The molecule has 0 heterocycles. The summed E-state index contributed by atoms with van der Waals surface area (Å²) in [5, 5.41) is 15.8. The van der Waals surface area contributed by atoms with Gasteiger partial charge >= 0.3 is 63.3 Å². The first-order valence-electron chi connectivity index (χ1n) is 2.06. The topological polar surface area (TPSA) is 106 Å². The van der Waals surface area contributed by atoms with Gasteiger partial charge in [-0.3, -0.25) is 9.59 Å². The third kappa shape index (κ3) is 15.8. The first kappa shape index (κ1) is 16.9. The number of hydrogen-bond donors (Lipinski definition) is 2. The molecule has 0 atom stereocenters. The van der Waals surface area contributed by atoms with Crippen LogP contribution in [0, 0.1) is 0 Å². The van der Waals surface area contributed by atoms with Crippen molar-refractivity contribution < 1.29 is 25.3 Å². The van der Waals surface area contributed by atoms with E-state index < -0.39 is 11.9 Å². The zero-order valence-electron chi connectivity index (χ0n) is 4.63. The van der Waals surface area contributed by atoms with Crippen molar-refractivity contribution in [3.05, 3.63) is 0 Å². The van der Waals surface area contributed by atoms with Gasteiger partial charge in [-0.25, -0.2) is 0 Å². The van der Waals surface area contributed by atoms with Crippen LogP contribution in [0.5, 0.6) is 0 Å². The molecule has 0 aliphatic heterocycles. The van der Waals surface area contributed by atoms with Gasteiger partial charge in [0.25, 0.3) is 0 Å². The molecule has 5 nitrogen and oxygen atoms in total. The molecule has 6 heteroatoms. The zero-order chi connectivity index (χ0) is 6.57. The summed E-state index contributed by atoms with van der Waals surface area (Å²) < 4.78 is 0. The quantitative estimate of drug-likeness (QED) is 0.508. The third-order valence-electron chi connectivity index (χ3n) is 0.553. The second-order valence-electron chi connectivity index (χ2n) is 1.29. The van der Waals surface area contributed by atoms with Crippen LogP contribution in [-0.2, 0) is 9.59 Å². The van der Waals surface area contributed by atoms with Gasteiger partial charge < -0.3 is 15.7 Å². The Balaban J connectivity index is -0.000000245. The van der Waals surface area contributed by atoms with Crippen LogP contribution in [0.25, 0.3) is 0 Å². The van der Waals surface area contributed by atoms with Crippen molar-refractivity contribution >= 4 is 63.3 Å². The predicted molar refractivity (Wildman–Crippen MR) is 35.3 cm³/mol.